The molecule has 0 amide bonds. The highest BCUT2D eigenvalue weighted by Gasteiger charge is 2.33. The molecule has 18 heavy (non-hydrogen) atoms. The Morgan fingerprint density at radius 2 is 1.67 bits per heavy atom. The molecule has 0 radical (unpaired) electrons. The van der Waals surface area contributed by atoms with Crippen LogP contribution in [0.25, 0.3) is 0 Å². The summed E-state index contributed by atoms with van der Waals surface area (Å²) in [5.41, 5.74) is -0.380. The smallest absolute Gasteiger partial charge is 0.0774 e. The Labute approximate surface area is 113 Å². The van der Waals surface area contributed by atoms with Crippen molar-refractivity contribution in [3.05, 3.63) is 0 Å². The Bertz CT molecular complexity index is 239. The molecule has 0 spiro atoms. The van der Waals surface area contributed by atoms with Gasteiger partial charge in [-0.2, -0.15) is 0 Å². The van der Waals surface area contributed by atoms with Gasteiger partial charge in [0.25, 0.3) is 0 Å². The van der Waals surface area contributed by atoms with E-state index in [2.05, 4.69) is 18.9 Å². The number of likely N-dealkylation sites (N-methyl/N-ethyl adjacent to an activating group) is 1. The van der Waals surface area contributed by atoms with E-state index in [1.54, 1.807) is 0 Å². The summed E-state index contributed by atoms with van der Waals surface area (Å²) in [6, 6.07) is 0.721. The van der Waals surface area contributed by atoms with Crippen molar-refractivity contribution in [2.45, 2.75) is 82.8 Å². The molecule has 2 nitrogen and oxygen atoms in total. The van der Waals surface area contributed by atoms with Crippen LogP contribution >= 0.6 is 0 Å². The zero-order valence-electron chi connectivity index (χ0n) is 12.3. The van der Waals surface area contributed by atoms with E-state index >= 15 is 0 Å². The molecule has 0 aromatic carbocycles. The highest BCUT2D eigenvalue weighted by atomic mass is 16.3. The Balaban J connectivity index is 1.79. The van der Waals surface area contributed by atoms with Crippen LogP contribution in [0.2, 0.25) is 0 Å². The van der Waals surface area contributed by atoms with Gasteiger partial charge in [0.15, 0.2) is 0 Å². The van der Waals surface area contributed by atoms with E-state index in [0.29, 0.717) is 0 Å². The molecule has 2 aliphatic carbocycles. The molecule has 0 heterocycles. The fourth-order valence-corrected chi connectivity index (χ4v) is 3.96. The van der Waals surface area contributed by atoms with Crippen molar-refractivity contribution >= 4 is 0 Å². The third-order valence-electron chi connectivity index (χ3n) is 5.34. The highest BCUT2D eigenvalue weighted by molar-refractivity contribution is 4.88. The Kier molecular flexibility index (Phi) is 5.08. The van der Waals surface area contributed by atoms with Crippen molar-refractivity contribution in [2.75, 3.05) is 13.6 Å². The van der Waals surface area contributed by atoms with Gasteiger partial charge in [0.2, 0.25) is 0 Å². The predicted molar refractivity (Wildman–Crippen MR) is 76.7 cm³/mol. The maximum Gasteiger partial charge on any atom is 0.0774 e. The molecule has 2 fully saturated rings. The fraction of sp³-hybridized carbons (Fsp3) is 1.00. The Morgan fingerprint density at radius 1 is 1.06 bits per heavy atom. The lowest BCUT2D eigenvalue weighted by atomic mass is 9.81. The summed E-state index contributed by atoms with van der Waals surface area (Å²) in [4.78, 5) is 2.46. The van der Waals surface area contributed by atoms with Gasteiger partial charge in [-0.3, -0.25) is 0 Å². The van der Waals surface area contributed by atoms with Crippen LogP contribution in [-0.4, -0.2) is 35.2 Å². The first kappa shape index (κ1) is 14.3. The summed E-state index contributed by atoms with van der Waals surface area (Å²) in [7, 11) is 2.23. The first-order valence-corrected chi connectivity index (χ1v) is 8.05. The van der Waals surface area contributed by atoms with Gasteiger partial charge in [-0.1, -0.05) is 32.6 Å². The van der Waals surface area contributed by atoms with Crippen LogP contribution < -0.4 is 0 Å². The third-order valence-corrected chi connectivity index (χ3v) is 5.34. The maximum absolute atomic E-state index is 10.6. The van der Waals surface area contributed by atoms with Crippen molar-refractivity contribution in [3.63, 3.8) is 0 Å². The molecule has 0 aromatic rings. The average molecular weight is 253 g/mol. The Hall–Kier alpha value is -0.0800. The molecule has 2 saturated carbocycles. The second-order valence-corrected chi connectivity index (χ2v) is 6.78. The summed E-state index contributed by atoms with van der Waals surface area (Å²) in [6.45, 7) is 3.22. The van der Waals surface area contributed by atoms with Crippen LogP contribution in [0.3, 0.4) is 0 Å². The van der Waals surface area contributed by atoms with Crippen molar-refractivity contribution in [3.8, 4) is 0 Å². The normalized spacial score (nSPS) is 32.7. The van der Waals surface area contributed by atoms with Crippen LogP contribution in [0.15, 0.2) is 0 Å². The molecule has 0 atom stereocenters. The first-order chi connectivity index (χ1) is 8.63. The number of hydrogen-bond donors (Lipinski definition) is 1. The number of aliphatic hydroxyl groups is 1. The summed E-state index contributed by atoms with van der Waals surface area (Å²) in [5.74, 6) is 0.965. The van der Waals surface area contributed by atoms with E-state index in [1.807, 2.05) is 0 Å². The van der Waals surface area contributed by atoms with Gasteiger partial charge in [0, 0.05) is 12.6 Å². The summed E-state index contributed by atoms with van der Waals surface area (Å²) < 4.78 is 0. The second-order valence-electron chi connectivity index (χ2n) is 6.78. The van der Waals surface area contributed by atoms with Gasteiger partial charge in [0.05, 0.1) is 5.60 Å². The average Bonchev–Trinajstić information content (AvgIpc) is 2.39. The minimum absolute atomic E-state index is 0.380. The monoisotopic (exact) mass is 253 g/mol. The zero-order valence-corrected chi connectivity index (χ0v) is 12.3. The van der Waals surface area contributed by atoms with Gasteiger partial charge in [-0.15, -0.1) is 0 Å². The van der Waals surface area contributed by atoms with Gasteiger partial charge in [-0.25, -0.2) is 0 Å². The molecular weight excluding hydrogens is 222 g/mol. The van der Waals surface area contributed by atoms with Crippen molar-refractivity contribution in [1.82, 2.24) is 4.90 Å². The molecule has 0 unspecified atom stereocenters. The molecule has 0 aliphatic heterocycles. The van der Waals surface area contributed by atoms with E-state index in [0.717, 1.165) is 31.3 Å². The van der Waals surface area contributed by atoms with Gasteiger partial charge < -0.3 is 10.0 Å². The van der Waals surface area contributed by atoms with E-state index in [4.69, 9.17) is 0 Å². The third kappa shape index (κ3) is 3.71. The topological polar surface area (TPSA) is 23.5 Å². The lowest BCUT2D eigenvalue weighted by Gasteiger charge is -2.40. The predicted octanol–water partition coefficient (Wildman–Crippen LogP) is 3.58. The fourth-order valence-electron chi connectivity index (χ4n) is 3.96. The van der Waals surface area contributed by atoms with Crippen molar-refractivity contribution in [1.29, 1.82) is 0 Å². The second kappa shape index (κ2) is 6.38. The number of nitrogens with zero attached hydrogens (tertiary/aromatic N) is 1. The van der Waals surface area contributed by atoms with Crippen molar-refractivity contribution in [2.24, 2.45) is 5.92 Å². The molecule has 106 valence electrons. The van der Waals surface area contributed by atoms with Gasteiger partial charge >= 0.3 is 0 Å². The van der Waals surface area contributed by atoms with Crippen LogP contribution in [-0.2, 0) is 0 Å². The largest absolute Gasteiger partial charge is 0.389 e. The van der Waals surface area contributed by atoms with E-state index in [-0.39, 0.29) is 5.60 Å². The molecule has 2 aliphatic rings. The van der Waals surface area contributed by atoms with E-state index in [9.17, 15) is 5.11 Å². The zero-order chi connectivity index (χ0) is 13.0. The minimum Gasteiger partial charge on any atom is -0.389 e. The van der Waals surface area contributed by atoms with Gasteiger partial charge in [-0.05, 0) is 51.5 Å². The van der Waals surface area contributed by atoms with Crippen LogP contribution in [0.1, 0.15) is 71.1 Å². The van der Waals surface area contributed by atoms with E-state index in [1.165, 1.54) is 51.4 Å². The van der Waals surface area contributed by atoms with Crippen molar-refractivity contribution < 1.29 is 5.11 Å². The molecular formula is C16H31NO. The number of hydrogen-bond acceptors (Lipinski definition) is 2. The molecule has 1 N–H and O–H groups in total. The standard InChI is InChI=1S/C16H31NO/c1-3-14-7-9-15(10-8-14)17(2)13-16(18)11-5-4-6-12-16/h14-15,18H,3-13H2,1-2H3. The summed E-state index contributed by atoms with van der Waals surface area (Å²) in [6.07, 6.45) is 12.6. The molecule has 0 aromatic heterocycles. The molecule has 2 heteroatoms. The summed E-state index contributed by atoms with van der Waals surface area (Å²) in [5, 5.41) is 10.6. The van der Waals surface area contributed by atoms with Crippen LogP contribution in [0.4, 0.5) is 0 Å². The molecule has 2 rings (SSSR count). The molecule has 0 bridgehead atoms. The maximum atomic E-state index is 10.6. The van der Waals surface area contributed by atoms with E-state index < -0.39 is 0 Å². The SMILES string of the molecule is CCC1CCC(N(C)CC2(O)CCCCC2)CC1. The number of rotatable bonds is 4. The highest BCUT2D eigenvalue weighted by Crippen LogP contribution is 2.32. The van der Waals surface area contributed by atoms with Gasteiger partial charge in [0.1, 0.15) is 0 Å². The van der Waals surface area contributed by atoms with Crippen LogP contribution in [0.5, 0.6) is 0 Å². The quantitative estimate of drug-likeness (QED) is 0.828. The minimum atomic E-state index is -0.380. The lowest BCUT2D eigenvalue weighted by Crippen LogP contribution is -2.47. The van der Waals surface area contributed by atoms with Crippen LogP contribution in [0, 0.1) is 5.92 Å². The lowest BCUT2D eigenvalue weighted by molar-refractivity contribution is -0.0336. The summed E-state index contributed by atoms with van der Waals surface area (Å²) >= 11 is 0. The Morgan fingerprint density at radius 3 is 2.22 bits per heavy atom. The first-order valence-electron chi connectivity index (χ1n) is 8.05. The molecule has 0 saturated heterocycles.